The smallest absolute Gasteiger partial charge is 0.277 e. The Morgan fingerprint density at radius 2 is 2.13 bits per heavy atom. The molecule has 1 amide bonds. The van der Waals surface area contributed by atoms with Crippen LogP contribution in [0.5, 0.6) is 0 Å². The average molecular weight is 414 g/mol. The van der Waals surface area contributed by atoms with Crippen molar-refractivity contribution < 1.29 is 20.1 Å². The molecule has 1 aromatic rings. The number of amides is 1. The number of carbonyl (C=O) groups excluding carboxylic acids is 1. The van der Waals surface area contributed by atoms with Crippen LogP contribution in [-0.2, 0) is 14.3 Å². The number of carbonyl (C=O) groups is 1. The maximum absolute atomic E-state index is 14.2. The highest BCUT2D eigenvalue weighted by Gasteiger charge is 2.46. The second kappa shape index (κ2) is 8.54. The van der Waals surface area contributed by atoms with Crippen LogP contribution in [0, 0.1) is 35.9 Å². The number of benzene rings is 1. The number of hydrogen-bond acceptors (Lipinski definition) is 6. The molecule has 7 nitrogen and oxygen atoms in total. The Kier molecular flexibility index (Phi) is 5.84. The molecule has 3 N–H and O–H groups in total. The Morgan fingerprint density at radius 3 is 2.77 bits per heavy atom. The van der Waals surface area contributed by atoms with Gasteiger partial charge in [-0.1, -0.05) is 11.8 Å². The van der Waals surface area contributed by atoms with Gasteiger partial charge in [0.15, 0.2) is 12.0 Å². The SMILES string of the molecule is Cc1cc(F)c(C#CC2CC2)cc1NC(=O)/C(C=NCC1OCC2(CC2)CO1)=N/N.[HH]. The standard InChI is InChI=1S/C22H25FN4O3.H2/c1-14-8-17(23)16(5-4-15-2-3-15)9-18(14)26-21(28)19(27-24)10-25-11-20-29-12-22(6-7-22)13-30-20;/h8-10,15,20H,2-3,6-7,11-13,24H2,1H3,(H,26,28);1H/b25-10?,27-19+;. The summed E-state index contributed by atoms with van der Waals surface area (Å²) in [6, 6.07) is 2.88. The van der Waals surface area contributed by atoms with Crippen LogP contribution in [0.4, 0.5) is 10.1 Å². The lowest BCUT2D eigenvalue weighted by molar-refractivity contribution is -0.201. The van der Waals surface area contributed by atoms with Crippen molar-refractivity contribution in [2.75, 3.05) is 25.1 Å². The lowest BCUT2D eigenvalue weighted by Gasteiger charge is -2.28. The number of nitrogens with one attached hydrogen (secondary N) is 1. The Morgan fingerprint density at radius 1 is 1.40 bits per heavy atom. The van der Waals surface area contributed by atoms with Crippen LogP contribution in [-0.4, -0.2) is 43.9 Å². The molecule has 30 heavy (non-hydrogen) atoms. The van der Waals surface area contributed by atoms with Gasteiger partial charge in [-0.2, -0.15) is 5.10 Å². The van der Waals surface area contributed by atoms with Crippen LogP contribution in [0.3, 0.4) is 0 Å². The zero-order valence-corrected chi connectivity index (χ0v) is 16.9. The van der Waals surface area contributed by atoms with E-state index in [4.69, 9.17) is 15.3 Å². The highest BCUT2D eigenvalue weighted by Crippen LogP contribution is 2.48. The van der Waals surface area contributed by atoms with E-state index in [1.54, 1.807) is 6.92 Å². The number of aryl methyl sites for hydroxylation is 1. The predicted octanol–water partition coefficient (Wildman–Crippen LogP) is 2.62. The second-order valence-corrected chi connectivity index (χ2v) is 8.20. The molecule has 0 radical (unpaired) electrons. The number of nitrogens with two attached hydrogens (primary N) is 1. The molecule has 1 aliphatic heterocycles. The maximum atomic E-state index is 14.2. The molecule has 8 heteroatoms. The highest BCUT2D eigenvalue weighted by atomic mass is 19.1. The summed E-state index contributed by atoms with van der Waals surface area (Å²) in [5.41, 5.74) is 1.44. The summed E-state index contributed by atoms with van der Waals surface area (Å²) in [5, 5.41) is 6.21. The molecular weight excluding hydrogens is 387 g/mol. The van der Waals surface area contributed by atoms with Gasteiger partial charge in [-0.15, -0.1) is 0 Å². The number of halogens is 1. The fourth-order valence-electron chi connectivity index (χ4n) is 3.07. The Balaban J connectivity index is 0.00000272. The number of hydrazone groups is 1. The first kappa shape index (κ1) is 20.5. The van der Waals surface area contributed by atoms with Gasteiger partial charge in [0.05, 0.1) is 31.5 Å². The van der Waals surface area contributed by atoms with Crippen molar-refractivity contribution in [3.8, 4) is 11.8 Å². The largest absolute Gasteiger partial charge is 0.350 e. The number of ether oxygens (including phenoxy) is 2. The first-order chi connectivity index (χ1) is 14.5. The van der Waals surface area contributed by atoms with Crippen molar-refractivity contribution in [2.45, 2.75) is 38.9 Å². The molecule has 2 saturated carbocycles. The Hall–Kier alpha value is -2.76. The summed E-state index contributed by atoms with van der Waals surface area (Å²) < 4.78 is 25.5. The third-order valence-corrected chi connectivity index (χ3v) is 5.50. The molecule has 3 fully saturated rings. The van der Waals surface area contributed by atoms with Crippen LogP contribution < -0.4 is 11.2 Å². The van der Waals surface area contributed by atoms with Crippen LogP contribution in [0.15, 0.2) is 22.2 Å². The molecule has 2 aliphatic carbocycles. The Labute approximate surface area is 176 Å². The van der Waals surface area contributed by atoms with Crippen molar-refractivity contribution in [2.24, 2.45) is 27.3 Å². The van der Waals surface area contributed by atoms with Crippen molar-refractivity contribution in [3.05, 3.63) is 29.1 Å². The zero-order valence-electron chi connectivity index (χ0n) is 16.9. The highest BCUT2D eigenvalue weighted by molar-refractivity contribution is 6.63. The molecule has 1 aromatic carbocycles. The number of hydrogen-bond donors (Lipinski definition) is 2. The monoisotopic (exact) mass is 414 g/mol. The van der Waals surface area contributed by atoms with Gasteiger partial charge >= 0.3 is 0 Å². The summed E-state index contributed by atoms with van der Waals surface area (Å²) in [6.07, 6.45) is 5.25. The average Bonchev–Trinajstić information content (AvgIpc) is 3.65. The van der Waals surface area contributed by atoms with Gasteiger partial charge in [-0.25, -0.2) is 4.39 Å². The van der Waals surface area contributed by atoms with Crippen molar-refractivity contribution in [1.29, 1.82) is 0 Å². The maximum Gasteiger partial charge on any atom is 0.277 e. The summed E-state index contributed by atoms with van der Waals surface area (Å²) in [7, 11) is 0. The molecule has 0 atom stereocenters. The van der Waals surface area contributed by atoms with E-state index in [1.165, 1.54) is 18.3 Å². The molecule has 0 unspecified atom stereocenters. The number of anilines is 1. The second-order valence-electron chi connectivity index (χ2n) is 8.20. The van der Waals surface area contributed by atoms with E-state index in [0.717, 1.165) is 25.7 Å². The van der Waals surface area contributed by atoms with Gasteiger partial charge in [0.2, 0.25) is 0 Å². The van der Waals surface area contributed by atoms with Crippen molar-refractivity contribution in [3.63, 3.8) is 0 Å². The minimum absolute atomic E-state index is 0. The van der Waals surface area contributed by atoms with Crippen LogP contribution in [0.2, 0.25) is 0 Å². The Bertz CT molecular complexity index is 951. The van der Waals surface area contributed by atoms with Crippen molar-refractivity contribution in [1.82, 2.24) is 0 Å². The molecule has 160 valence electrons. The third-order valence-electron chi connectivity index (χ3n) is 5.50. The number of nitrogens with zero attached hydrogens (tertiary/aromatic N) is 2. The number of aliphatic imine (C=N–C) groups is 1. The topological polar surface area (TPSA) is 98.3 Å². The van der Waals surface area contributed by atoms with Gasteiger partial charge in [0, 0.05) is 18.4 Å². The molecular formula is C22H27FN4O3. The molecule has 0 bridgehead atoms. The molecule has 1 heterocycles. The normalized spacial score (nSPS) is 20.8. The first-order valence-corrected chi connectivity index (χ1v) is 10.1. The lowest BCUT2D eigenvalue weighted by atomic mass is 10.1. The molecule has 3 aliphatic rings. The van der Waals surface area contributed by atoms with Crippen LogP contribution in [0.25, 0.3) is 0 Å². The fraction of sp³-hybridized carbons (Fsp3) is 0.500. The van der Waals surface area contributed by atoms with E-state index in [0.29, 0.717) is 30.4 Å². The summed E-state index contributed by atoms with van der Waals surface area (Å²) in [5.74, 6) is 10.6. The van der Waals surface area contributed by atoms with Gasteiger partial charge in [-0.3, -0.25) is 9.79 Å². The summed E-state index contributed by atoms with van der Waals surface area (Å²) in [6.45, 7) is 3.32. The van der Waals surface area contributed by atoms with Crippen LogP contribution >= 0.6 is 0 Å². The molecule has 0 aromatic heterocycles. The van der Waals surface area contributed by atoms with E-state index < -0.39 is 18.0 Å². The minimum Gasteiger partial charge on any atom is -0.350 e. The van der Waals surface area contributed by atoms with Gasteiger partial charge in [0.1, 0.15) is 5.82 Å². The van der Waals surface area contributed by atoms with E-state index in [9.17, 15) is 9.18 Å². The van der Waals surface area contributed by atoms with E-state index in [1.807, 2.05) is 0 Å². The van der Waals surface area contributed by atoms with E-state index in [2.05, 4.69) is 27.3 Å². The predicted molar refractivity (Wildman–Crippen MR) is 114 cm³/mol. The van der Waals surface area contributed by atoms with Crippen molar-refractivity contribution >= 4 is 23.5 Å². The third kappa shape index (κ3) is 5.04. The van der Waals surface area contributed by atoms with E-state index >= 15 is 0 Å². The van der Waals surface area contributed by atoms with Gasteiger partial charge in [-0.05, 0) is 50.3 Å². The van der Waals surface area contributed by atoms with Gasteiger partial charge < -0.3 is 20.6 Å². The summed E-state index contributed by atoms with van der Waals surface area (Å²) in [4.78, 5) is 16.7. The zero-order chi connectivity index (χ0) is 21.1. The first-order valence-electron chi connectivity index (χ1n) is 10.1. The molecule has 1 spiro atoms. The lowest BCUT2D eigenvalue weighted by Crippen LogP contribution is -2.35. The minimum atomic E-state index is -0.542. The molecule has 1 saturated heterocycles. The van der Waals surface area contributed by atoms with Crippen LogP contribution in [0.1, 0.15) is 38.2 Å². The summed E-state index contributed by atoms with van der Waals surface area (Å²) >= 11 is 0. The molecule has 4 rings (SSSR count). The van der Waals surface area contributed by atoms with Gasteiger partial charge in [0.25, 0.3) is 5.91 Å². The van der Waals surface area contributed by atoms with E-state index in [-0.39, 0.29) is 24.7 Å². The fourth-order valence-corrected chi connectivity index (χ4v) is 3.07. The number of rotatable bonds is 5. The quantitative estimate of drug-likeness (QED) is 0.335.